The topological polar surface area (TPSA) is 69.9 Å². The number of hydrogen-bond donors (Lipinski definition) is 1. The van der Waals surface area contributed by atoms with E-state index in [1.807, 2.05) is 34.9 Å². The molecule has 1 saturated heterocycles. The summed E-state index contributed by atoms with van der Waals surface area (Å²) in [6.07, 6.45) is 4.97. The number of para-hydroxylation sites is 1. The molecule has 3 aliphatic rings. The molecule has 2 unspecified atom stereocenters. The first-order valence-electron chi connectivity index (χ1n) is 10.6. The largest absolute Gasteiger partial charge is 0.340 e. The Bertz CT molecular complexity index is 740. The molecule has 2 atom stereocenters. The van der Waals surface area contributed by atoms with E-state index in [0.717, 1.165) is 57.4 Å². The first-order valence-corrected chi connectivity index (χ1v) is 10.6. The molecule has 1 aromatic carbocycles. The number of benzene rings is 1. The molecule has 0 bridgehead atoms. The minimum absolute atomic E-state index is 0.0597. The van der Waals surface area contributed by atoms with Crippen LogP contribution < -0.4 is 10.6 Å². The Morgan fingerprint density at radius 3 is 2.61 bits per heavy atom. The number of amides is 2. The summed E-state index contributed by atoms with van der Waals surface area (Å²) < 4.78 is 0. The van der Waals surface area contributed by atoms with Crippen molar-refractivity contribution in [2.24, 2.45) is 11.7 Å². The molecule has 6 heteroatoms. The predicted octanol–water partition coefficient (Wildman–Crippen LogP) is 1.63. The van der Waals surface area contributed by atoms with Crippen LogP contribution in [0.4, 0.5) is 5.69 Å². The molecule has 2 aliphatic heterocycles. The molecule has 1 aliphatic carbocycles. The van der Waals surface area contributed by atoms with E-state index in [1.165, 1.54) is 5.56 Å². The maximum Gasteiger partial charge on any atom is 0.241 e. The number of anilines is 1. The Kier molecular flexibility index (Phi) is 5.43. The number of carbonyl (C=O) groups is 2. The highest BCUT2D eigenvalue weighted by Crippen LogP contribution is 2.33. The Morgan fingerprint density at radius 2 is 1.86 bits per heavy atom. The van der Waals surface area contributed by atoms with Gasteiger partial charge in [0.1, 0.15) is 0 Å². The fraction of sp³-hybridized carbons (Fsp3) is 0.636. The Hall–Kier alpha value is -1.92. The van der Waals surface area contributed by atoms with Crippen molar-refractivity contribution < 1.29 is 9.59 Å². The number of carbonyl (C=O) groups excluding carboxylic acids is 2. The molecule has 0 radical (unpaired) electrons. The lowest BCUT2D eigenvalue weighted by atomic mass is 9.74. The normalized spacial score (nSPS) is 28.3. The lowest BCUT2D eigenvalue weighted by molar-refractivity contribution is -0.140. The van der Waals surface area contributed by atoms with Gasteiger partial charge in [0.25, 0.3) is 0 Å². The number of hydrogen-bond acceptors (Lipinski definition) is 4. The van der Waals surface area contributed by atoms with Crippen molar-refractivity contribution in [3.63, 3.8) is 0 Å². The van der Waals surface area contributed by atoms with Gasteiger partial charge in [-0.2, -0.15) is 0 Å². The SMILES string of the molecule is CC1(N)CCCCC1C(=O)N1CCN(CC(=O)N2CCc3ccccc32)CC1. The quantitative estimate of drug-likeness (QED) is 0.860. The van der Waals surface area contributed by atoms with Crippen LogP contribution in [0, 0.1) is 5.92 Å². The number of piperazine rings is 1. The van der Waals surface area contributed by atoms with Gasteiger partial charge in [0, 0.05) is 44.0 Å². The number of rotatable bonds is 3. The van der Waals surface area contributed by atoms with Crippen LogP contribution in [0.3, 0.4) is 0 Å². The maximum atomic E-state index is 13.0. The molecule has 152 valence electrons. The van der Waals surface area contributed by atoms with Gasteiger partial charge in [-0.1, -0.05) is 31.0 Å². The molecule has 1 aromatic rings. The molecule has 2 amide bonds. The van der Waals surface area contributed by atoms with Crippen LogP contribution in [0.5, 0.6) is 0 Å². The third-order valence-corrected chi connectivity index (χ3v) is 6.78. The average molecular weight is 385 g/mol. The predicted molar refractivity (Wildman–Crippen MR) is 110 cm³/mol. The first kappa shape index (κ1) is 19.4. The van der Waals surface area contributed by atoms with Crippen molar-refractivity contribution in [2.45, 2.75) is 44.6 Å². The van der Waals surface area contributed by atoms with Crippen molar-refractivity contribution >= 4 is 17.5 Å². The van der Waals surface area contributed by atoms with E-state index in [9.17, 15) is 9.59 Å². The summed E-state index contributed by atoms with van der Waals surface area (Å²) in [5.41, 5.74) is 8.35. The molecule has 4 rings (SSSR count). The molecule has 2 fully saturated rings. The first-order chi connectivity index (χ1) is 13.5. The third kappa shape index (κ3) is 3.80. The molecule has 0 aromatic heterocycles. The average Bonchev–Trinajstić information content (AvgIpc) is 3.12. The van der Waals surface area contributed by atoms with Crippen molar-refractivity contribution in [1.29, 1.82) is 0 Å². The maximum absolute atomic E-state index is 13.0. The van der Waals surface area contributed by atoms with Gasteiger partial charge >= 0.3 is 0 Å². The van der Waals surface area contributed by atoms with E-state index in [1.54, 1.807) is 0 Å². The van der Waals surface area contributed by atoms with Crippen LogP contribution in [0.2, 0.25) is 0 Å². The molecular formula is C22H32N4O2. The van der Waals surface area contributed by atoms with E-state index >= 15 is 0 Å². The fourth-order valence-electron chi connectivity index (χ4n) is 4.98. The van der Waals surface area contributed by atoms with Gasteiger partial charge in [-0.15, -0.1) is 0 Å². The summed E-state index contributed by atoms with van der Waals surface area (Å²) in [6.45, 7) is 6.10. The van der Waals surface area contributed by atoms with Crippen molar-refractivity contribution in [1.82, 2.24) is 9.80 Å². The number of nitrogens with zero attached hydrogens (tertiary/aromatic N) is 3. The molecule has 2 heterocycles. The molecule has 28 heavy (non-hydrogen) atoms. The van der Waals surface area contributed by atoms with Crippen molar-refractivity contribution in [2.75, 3.05) is 44.2 Å². The summed E-state index contributed by atoms with van der Waals surface area (Å²) in [6, 6.07) is 8.15. The Balaban J connectivity index is 1.30. The molecule has 6 nitrogen and oxygen atoms in total. The summed E-state index contributed by atoms with van der Waals surface area (Å²) in [4.78, 5) is 31.9. The van der Waals surface area contributed by atoms with Crippen LogP contribution in [-0.2, 0) is 16.0 Å². The standard InChI is InChI=1S/C22H32N4O2/c1-22(23)10-5-4-7-18(22)21(28)25-14-12-24(13-15-25)16-20(27)26-11-9-17-6-2-3-8-19(17)26/h2-3,6,8,18H,4-5,7,9-16,23H2,1H3. The van der Waals surface area contributed by atoms with Crippen LogP contribution >= 0.6 is 0 Å². The minimum atomic E-state index is -0.383. The summed E-state index contributed by atoms with van der Waals surface area (Å²) >= 11 is 0. The zero-order chi connectivity index (χ0) is 19.7. The van der Waals surface area contributed by atoms with E-state index in [0.29, 0.717) is 19.6 Å². The van der Waals surface area contributed by atoms with Gasteiger partial charge in [-0.25, -0.2) is 0 Å². The lowest BCUT2D eigenvalue weighted by Gasteiger charge is -2.42. The third-order valence-electron chi connectivity index (χ3n) is 6.78. The molecular weight excluding hydrogens is 352 g/mol. The van der Waals surface area contributed by atoms with Gasteiger partial charge in [0.15, 0.2) is 0 Å². The van der Waals surface area contributed by atoms with Crippen LogP contribution in [-0.4, -0.2) is 66.4 Å². The number of nitrogens with two attached hydrogens (primary N) is 1. The fourth-order valence-corrected chi connectivity index (χ4v) is 4.98. The zero-order valence-corrected chi connectivity index (χ0v) is 16.9. The second-order valence-corrected chi connectivity index (χ2v) is 8.83. The van der Waals surface area contributed by atoms with Crippen LogP contribution in [0.15, 0.2) is 24.3 Å². The Morgan fingerprint density at radius 1 is 1.11 bits per heavy atom. The van der Waals surface area contributed by atoms with Gasteiger partial charge < -0.3 is 15.5 Å². The summed E-state index contributed by atoms with van der Waals surface area (Å²) in [7, 11) is 0. The second-order valence-electron chi connectivity index (χ2n) is 8.83. The minimum Gasteiger partial charge on any atom is -0.340 e. The lowest BCUT2D eigenvalue weighted by Crippen LogP contribution is -2.57. The molecule has 1 saturated carbocycles. The van der Waals surface area contributed by atoms with Gasteiger partial charge in [-0.3, -0.25) is 14.5 Å². The van der Waals surface area contributed by atoms with E-state index in [4.69, 9.17) is 5.73 Å². The summed E-state index contributed by atoms with van der Waals surface area (Å²) in [5.74, 6) is 0.311. The van der Waals surface area contributed by atoms with Crippen LogP contribution in [0.1, 0.15) is 38.2 Å². The van der Waals surface area contributed by atoms with Crippen LogP contribution in [0.25, 0.3) is 0 Å². The van der Waals surface area contributed by atoms with E-state index < -0.39 is 0 Å². The Labute approximate surface area is 167 Å². The van der Waals surface area contributed by atoms with Gasteiger partial charge in [-0.05, 0) is 37.8 Å². The summed E-state index contributed by atoms with van der Waals surface area (Å²) in [5, 5.41) is 0. The van der Waals surface area contributed by atoms with Gasteiger partial charge in [0.2, 0.25) is 11.8 Å². The second kappa shape index (κ2) is 7.84. The molecule has 2 N–H and O–H groups in total. The van der Waals surface area contributed by atoms with Gasteiger partial charge in [0.05, 0.1) is 12.5 Å². The van der Waals surface area contributed by atoms with E-state index in [-0.39, 0.29) is 23.3 Å². The highest BCUT2D eigenvalue weighted by Gasteiger charge is 2.40. The molecule has 0 spiro atoms. The smallest absolute Gasteiger partial charge is 0.241 e. The number of fused-ring (bicyclic) bond motifs is 1. The zero-order valence-electron chi connectivity index (χ0n) is 16.9. The highest BCUT2D eigenvalue weighted by atomic mass is 16.2. The highest BCUT2D eigenvalue weighted by molar-refractivity contribution is 5.96. The monoisotopic (exact) mass is 384 g/mol. The van der Waals surface area contributed by atoms with Crippen molar-refractivity contribution in [3.8, 4) is 0 Å². The van der Waals surface area contributed by atoms with Crippen molar-refractivity contribution in [3.05, 3.63) is 29.8 Å². The van der Waals surface area contributed by atoms with E-state index in [2.05, 4.69) is 11.0 Å².